The summed E-state index contributed by atoms with van der Waals surface area (Å²) in [6.45, 7) is 2.11. The van der Waals surface area contributed by atoms with Crippen LogP contribution in [0.5, 0.6) is 0 Å². The molecule has 1 aliphatic rings. The van der Waals surface area contributed by atoms with Crippen molar-refractivity contribution < 1.29 is 10.2 Å². The van der Waals surface area contributed by atoms with Crippen molar-refractivity contribution >= 4 is 0 Å². The molecule has 1 saturated carbocycles. The van der Waals surface area contributed by atoms with Gasteiger partial charge < -0.3 is 10.2 Å². The molecule has 3 heteroatoms. The van der Waals surface area contributed by atoms with E-state index in [1.54, 1.807) is 0 Å². The lowest BCUT2D eigenvalue weighted by Gasteiger charge is -2.46. The van der Waals surface area contributed by atoms with Gasteiger partial charge in [-0.2, -0.15) is 0 Å². The molecule has 0 bridgehead atoms. The van der Waals surface area contributed by atoms with E-state index in [1.807, 2.05) is 14.0 Å². The fraction of sp³-hybridized carbons (Fsp3) is 1.00. The van der Waals surface area contributed by atoms with Gasteiger partial charge in [0.15, 0.2) is 0 Å². The van der Waals surface area contributed by atoms with Crippen molar-refractivity contribution in [2.24, 2.45) is 0 Å². The van der Waals surface area contributed by atoms with Crippen LogP contribution in [0, 0.1) is 0 Å². The molecule has 0 aliphatic heterocycles. The number of rotatable bonds is 5. The molecular formula is C10H21NO2. The van der Waals surface area contributed by atoms with Crippen LogP contribution in [0.2, 0.25) is 0 Å². The van der Waals surface area contributed by atoms with Crippen LogP contribution >= 0.6 is 0 Å². The number of aliphatic hydroxyl groups is 2. The highest BCUT2D eigenvalue weighted by Crippen LogP contribution is 2.30. The smallest absolute Gasteiger partial charge is 0.0670 e. The van der Waals surface area contributed by atoms with E-state index in [4.69, 9.17) is 0 Å². The highest BCUT2D eigenvalue weighted by atomic mass is 16.3. The van der Waals surface area contributed by atoms with Crippen molar-refractivity contribution in [3.63, 3.8) is 0 Å². The summed E-state index contributed by atoms with van der Waals surface area (Å²) in [7, 11) is 2.01. The van der Waals surface area contributed by atoms with Gasteiger partial charge in [0.05, 0.1) is 18.8 Å². The first-order valence-corrected chi connectivity index (χ1v) is 5.15. The van der Waals surface area contributed by atoms with Gasteiger partial charge >= 0.3 is 0 Å². The summed E-state index contributed by atoms with van der Waals surface area (Å²) >= 11 is 0. The first-order chi connectivity index (χ1) is 6.20. The minimum Gasteiger partial charge on any atom is -0.394 e. The Kier molecular flexibility index (Phi) is 3.71. The van der Waals surface area contributed by atoms with Crippen molar-refractivity contribution in [2.75, 3.05) is 20.3 Å². The molecule has 0 saturated heterocycles. The van der Waals surface area contributed by atoms with Gasteiger partial charge in [-0.3, -0.25) is 4.90 Å². The Balaban J connectivity index is 2.60. The Morgan fingerprint density at radius 2 is 1.85 bits per heavy atom. The van der Waals surface area contributed by atoms with Crippen LogP contribution in [-0.4, -0.2) is 47.0 Å². The van der Waals surface area contributed by atoms with E-state index < -0.39 is 5.54 Å². The van der Waals surface area contributed by atoms with Crippen LogP contribution in [0.4, 0.5) is 0 Å². The van der Waals surface area contributed by atoms with E-state index in [1.165, 1.54) is 19.3 Å². The molecule has 0 heterocycles. The third-order valence-corrected chi connectivity index (χ3v) is 3.62. The van der Waals surface area contributed by atoms with Gasteiger partial charge in [0.2, 0.25) is 0 Å². The Morgan fingerprint density at radius 1 is 1.31 bits per heavy atom. The zero-order valence-electron chi connectivity index (χ0n) is 8.66. The third-order valence-electron chi connectivity index (χ3n) is 3.62. The molecule has 2 N–H and O–H groups in total. The monoisotopic (exact) mass is 187 g/mol. The van der Waals surface area contributed by atoms with E-state index in [0.717, 1.165) is 6.42 Å². The van der Waals surface area contributed by atoms with E-state index in [-0.39, 0.29) is 13.2 Å². The molecule has 0 radical (unpaired) electrons. The summed E-state index contributed by atoms with van der Waals surface area (Å²) in [5, 5.41) is 18.6. The maximum atomic E-state index is 9.31. The molecule has 13 heavy (non-hydrogen) atoms. The number of likely N-dealkylation sites (N-methyl/N-ethyl adjacent to an activating group) is 1. The summed E-state index contributed by atoms with van der Waals surface area (Å²) in [6, 6.07) is 0.569. The topological polar surface area (TPSA) is 43.7 Å². The standard InChI is InChI=1S/C10H21NO2/c1-3-10(7-12,8-13)11(2)9-5-4-6-9/h9,12-13H,3-8H2,1-2H3. The van der Waals surface area contributed by atoms with Crippen molar-refractivity contribution in [2.45, 2.75) is 44.2 Å². The van der Waals surface area contributed by atoms with Gasteiger partial charge in [-0.05, 0) is 26.3 Å². The molecule has 0 aromatic carbocycles. The van der Waals surface area contributed by atoms with Gasteiger partial charge in [0.1, 0.15) is 0 Å². The summed E-state index contributed by atoms with van der Waals surface area (Å²) in [6.07, 6.45) is 4.50. The highest BCUT2D eigenvalue weighted by Gasteiger charge is 2.37. The molecule has 0 unspecified atom stereocenters. The average molecular weight is 187 g/mol. The lowest BCUT2D eigenvalue weighted by molar-refractivity contribution is -0.0423. The van der Waals surface area contributed by atoms with Crippen LogP contribution in [-0.2, 0) is 0 Å². The van der Waals surface area contributed by atoms with E-state index >= 15 is 0 Å². The van der Waals surface area contributed by atoms with Crippen molar-refractivity contribution in [3.8, 4) is 0 Å². The number of hydrogen-bond donors (Lipinski definition) is 2. The molecule has 0 amide bonds. The van der Waals surface area contributed by atoms with Crippen LogP contribution in [0.3, 0.4) is 0 Å². The first kappa shape index (κ1) is 11.0. The van der Waals surface area contributed by atoms with Crippen molar-refractivity contribution in [1.82, 2.24) is 4.90 Å². The zero-order chi connectivity index (χ0) is 9.90. The van der Waals surface area contributed by atoms with Crippen LogP contribution in [0.15, 0.2) is 0 Å². The molecule has 1 rings (SSSR count). The first-order valence-electron chi connectivity index (χ1n) is 5.15. The van der Waals surface area contributed by atoms with Crippen LogP contribution < -0.4 is 0 Å². The van der Waals surface area contributed by atoms with Crippen LogP contribution in [0.25, 0.3) is 0 Å². The summed E-state index contributed by atoms with van der Waals surface area (Å²) < 4.78 is 0. The van der Waals surface area contributed by atoms with Gasteiger partial charge in [-0.15, -0.1) is 0 Å². The molecule has 0 aromatic rings. The highest BCUT2D eigenvalue weighted by molar-refractivity contribution is 4.93. The quantitative estimate of drug-likeness (QED) is 0.662. The van der Waals surface area contributed by atoms with Gasteiger partial charge in [0, 0.05) is 6.04 Å². The van der Waals surface area contributed by atoms with E-state index in [0.29, 0.717) is 6.04 Å². The third kappa shape index (κ3) is 1.87. The second kappa shape index (κ2) is 4.40. The van der Waals surface area contributed by atoms with Crippen molar-refractivity contribution in [3.05, 3.63) is 0 Å². The lowest BCUT2D eigenvalue weighted by atomic mass is 9.86. The molecule has 0 aromatic heterocycles. The summed E-state index contributed by atoms with van der Waals surface area (Å²) in [5.41, 5.74) is -0.398. The molecular weight excluding hydrogens is 166 g/mol. The molecule has 1 aliphatic carbocycles. The second-order valence-corrected chi connectivity index (χ2v) is 4.09. The largest absolute Gasteiger partial charge is 0.394 e. The molecule has 0 atom stereocenters. The molecule has 0 spiro atoms. The lowest BCUT2D eigenvalue weighted by Crippen LogP contribution is -2.57. The number of aliphatic hydroxyl groups excluding tert-OH is 2. The SMILES string of the molecule is CCC(CO)(CO)N(C)C1CCC1. The zero-order valence-corrected chi connectivity index (χ0v) is 8.66. The Bertz CT molecular complexity index is 145. The molecule has 1 fully saturated rings. The van der Waals surface area contributed by atoms with Gasteiger partial charge in [-0.25, -0.2) is 0 Å². The normalized spacial score (nSPS) is 19.2. The van der Waals surface area contributed by atoms with Gasteiger partial charge in [0.25, 0.3) is 0 Å². The predicted octanol–water partition coefficient (Wildman–Crippen LogP) is 0.604. The van der Waals surface area contributed by atoms with E-state index in [2.05, 4.69) is 4.90 Å². The summed E-state index contributed by atoms with van der Waals surface area (Å²) in [5.74, 6) is 0. The number of nitrogens with zero attached hydrogens (tertiary/aromatic N) is 1. The molecule has 78 valence electrons. The minimum absolute atomic E-state index is 0.0486. The average Bonchev–Trinajstić information content (AvgIpc) is 2.05. The van der Waals surface area contributed by atoms with Crippen molar-refractivity contribution in [1.29, 1.82) is 0 Å². The maximum Gasteiger partial charge on any atom is 0.0670 e. The number of hydrogen-bond acceptors (Lipinski definition) is 3. The fourth-order valence-corrected chi connectivity index (χ4v) is 1.91. The van der Waals surface area contributed by atoms with Crippen LogP contribution in [0.1, 0.15) is 32.6 Å². The Morgan fingerprint density at radius 3 is 2.08 bits per heavy atom. The van der Waals surface area contributed by atoms with E-state index in [9.17, 15) is 10.2 Å². The molecule has 3 nitrogen and oxygen atoms in total. The maximum absolute atomic E-state index is 9.31. The fourth-order valence-electron chi connectivity index (χ4n) is 1.91. The minimum atomic E-state index is -0.398. The van der Waals surface area contributed by atoms with Gasteiger partial charge in [-0.1, -0.05) is 13.3 Å². The predicted molar refractivity (Wildman–Crippen MR) is 52.6 cm³/mol. The Labute approximate surface area is 80.4 Å². The summed E-state index contributed by atoms with van der Waals surface area (Å²) in [4.78, 5) is 2.16. The second-order valence-electron chi connectivity index (χ2n) is 4.09. The Hall–Kier alpha value is -0.120.